The summed E-state index contributed by atoms with van der Waals surface area (Å²) in [5.74, 6) is -0.490. The molecule has 8 heteroatoms. The molecule has 32 heavy (non-hydrogen) atoms. The number of benzene rings is 2. The summed E-state index contributed by atoms with van der Waals surface area (Å²) < 4.78 is 0. The van der Waals surface area contributed by atoms with Crippen LogP contribution in [0.1, 0.15) is 17.5 Å². The van der Waals surface area contributed by atoms with Crippen molar-refractivity contribution < 1.29 is 14.4 Å². The van der Waals surface area contributed by atoms with Crippen LogP contribution in [0.2, 0.25) is 5.02 Å². The average molecular weight is 453 g/mol. The Bertz CT molecular complexity index is 1080. The van der Waals surface area contributed by atoms with E-state index in [1.165, 1.54) is 5.56 Å². The molecule has 2 fully saturated rings. The maximum absolute atomic E-state index is 13.2. The highest BCUT2D eigenvalue weighted by molar-refractivity contribution is 6.30. The molecule has 1 spiro atoms. The fourth-order valence-corrected chi connectivity index (χ4v) is 5.15. The van der Waals surface area contributed by atoms with Gasteiger partial charge in [0.1, 0.15) is 12.1 Å². The van der Waals surface area contributed by atoms with E-state index in [9.17, 15) is 14.4 Å². The van der Waals surface area contributed by atoms with Gasteiger partial charge in [-0.05, 0) is 42.2 Å². The fraction of sp³-hybridized carbons (Fsp3) is 0.375. The number of anilines is 1. The van der Waals surface area contributed by atoms with Crippen LogP contribution in [-0.4, -0.2) is 65.9 Å². The monoisotopic (exact) mass is 452 g/mol. The van der Waals surface area contributed by atoms with E-state index in [1.807, 2.05) is 42.5 Å². The van der Waals surface area contributed by atoms with Gasteiger partial charge in [0, 0.05) is 43.3 Å². The van der Waals surface area contributed by atoms with Crippen LogP contribution in [0.5, 0.6) is 0 Å². The van der Waals surface area contributed by atoms with Crippen molar-refractivity contribution >= 4 is 35.1 Å². The van der Waals surface area contributed by atoms with Gasteiger partial charge in [0.25, 0.3) is 5.91 Å². The van der Waals surface area contributed by atoms with Crippen LogP contribution in [0.25, 0.3) is 0 Å². The van der Waals surface area contributed by atoms with Gasteiger partial charge in [-0.25, -0.2) is 4.79 Å². The Kier molecular flexibility index (Phi) is 5.29. The number of hydrogen-bond donors (Lipinski definition) is 1. The predicted octanol–water partition coefficient (Wildman–Crippen LogP) is 2.47. The van der Waals surface area contributed by atoms with Gasteiger partial charge in [-0.15, -0.1) is 0 Å². The van der Waals surface area contributed by atoms with Crippen LogP contribution in [-0.2, 0) is 22.4 Å². The Morgan fingerprint density at radius 2 is 1.75 bits per heavy atom. The topological polar surface area (TPSA) is 73.0 Å². The van der Waals surface area contributed by atoms with Crippen LogP contribution in [0, 0.1) is 0 Å². The summed E-state index contributed by atoms with van der Waals surface area (Å²) in [5, 5.41) is 3.58. The molecule has 0 saturated carbocycles. The number of imide groups is 1. The minimum absolute atomic E-state index is 0.201. The molecular formula is C24H25ClN4O3. The Morgan fingerprint density at radius 1 is 1.00 bits per heavy atom. The molecule has 2 aromatic carbocycles. The van der Waals surface area contributed by atoms with Crippen molar-refractivity contribution in [3.8, 4) is 0 Å². The number of hydrogen-bond acceptors (Lipinski definition) is 4. The van der Waals surface area contributed by atoms with Crippen molar-refractivity contribution in [1.82, 2.24) is 15.1 Å². The quantitative estimate of drug-likeness (QED) is 0.726. The van der Waals surface area contributed by atoms with E-state index in [0.29, 0.717) is 44.0 Å². The lowest BCUT2D eigenvalue weighted by molar-refractivity contribution is -0.139. The molecule has 2 aliphatic heterocycles. The molecule has 2 aromatic rings. The molecule has 5 rings (SSSR count). The number of urea groups is 1. The number of piperazine rings is 1. The van der Waals surface area contributed by atoms with Gasteiger partial charge in [-0.2, -0.15) is 0 Å². The largest absolute Gasteiger partial charge is 0.368 e. The smallest absolute Gasteiger partial charge is 0.325 e. The first-order chi connectivity index (χ1) is 15.4. The van der Waals surface area contributed by atoms with E-state index >= 15 is 0 Å². The summed E-state index contributed by atoms with van der Waals surface area (Å²) in [6.07, 6.45) is 1.75. The van der Waals surface area contributed by atoms with E-state index in [2.05, 4.69) is 16.3 Å². The second-order valence-corrected chi connectivity index (χ2v) is 9.13. The zero-order chi connectivity index (χ0) is 22.3. The molecule has 2 saturated heterocycles. The number of aryl methyl sites for hydroxylation is 1. The molecule has 1 aliphatic carbocycles. The number of carbonyl (C=O) groups is 3. The number of rotatable bonds is 3. The van der Waals surface area contributed by atoms with Crippen LogP contribution in [0.3, 0.4) is 0 Å². The first kappa shape index (κ1) is 20.8. The van der Waals surface area contributed by atoms with E-state index in [-0.39, 0.29) is 18.4 Å². The highest BCUT2D eigenvalue weighted by Crippen LogP contribution is 2.33. The Morgan fingerprint density at radius 3 is 2.50 bits per heavy atom. The van der Waals surface area contributed by atoms with Gasteiger partial charge in [-0.1, -0.05) is 41.9 Å². The summed E-state index contributed by atoms with van der Waals surface area (Å²) in [5.41, 5.74) is 2.39. The van der Waals surface area contributed by atoms with Crippen LogP contribution in [0.4, 0.5) is 10.5 Å². The van der Waals surface area contributed by atoms with E-state index in [0.717, 1.165) is 22.6 Å². The van der Waals surface area contributed by atoms with Crippen molar-refractivity contribution in [2.24, 2.45) is 0 Å². The number of carbonyl (C=O) groups excluding carboxylic acids is 3. The number of amides is 4. The lowest BCUT2D eigenvalue weighted by Gasteiger charge is -2.36. The van der Waals surface area contributed by atoms with E-state index in [4.69, 9.17) is 11.6 Å². The fourth-order valence-electron chi connectivity index (χ4n) is 4.97. The maximum atomic E-state index is 13.2. The molecule has 1 N–H and O–H groups in total. The molecule has 0 aromatic heterocycles. The highest BCUT2D eigenvalue weighted by Gasteiger charge is 2.52. The Hall–Kier alpha value is -3.06. The van der Waals surface area contributed by atoms with Crippen LogP contribution < -0.4 is 10.2 Å². The van der Waals surface area contributed by atoms with Crippen molar-refractivity contribution in [1.29, 1.82) is 0 Å². The Labute approximate surface area is 191 Å². The summed E-state index contributed by atoms with van der Waals surface area (Å²) in [6.45, 7) is 2.20. The first-order valence-electron chi connectivity index (χ1n) is 10.9. The molecule has 2 heterocycles. The van der Waals surface area contributed by atoms with Crippen molar-refractivity contribution in [3.05, 3.63) is 64.7 Å². The zero-order valence-corrected chi connectivity index (χ0v) is 18.5. The van der Waals surface area contributed by atoms with Gasteiger partial charge < -0.3 is 15.1 Å². The standard InChI is InChI=1S/C24H25ClN4O3/c25-19-6-3-7-20(14-19)27-10-12-28(13-11-27)21(30)16-29-22(31)24(26-23(29)32)9-8-17-4-1-2-5-18(17)15-24/h1-7,14H,8-13,15-16H2,(H,26,32). The third-order valence-electron chi connectivity index (χ3n) is 6.78. The van der Waals surface area contributed by atoms with Crippen molar-refractivity contribution in [2.75, 3.05) is 37.6 Å². The summed E-state index contributed by atoms with van der Waals surface area (Å²) in [4.78, 5) is 43.8. The molecular weight excluding hydrogens is 428 g/mol. The predicted molar refractivity (Wildman–Crippen MR) is 122 cm³/mol. The minimum atomic E-state index is -0.934. The second-order valence-electron chi connectivity index (χ2n) is 8.70. The lowest BCUT2D eigenvalue weighted by Crippen LogP contribution is -2.53. The zero-order valence-electron chi connectivity index (χ0n) is 17.7. The molecule has 7 nitrogen and oxygen atoms in total. The van der Waals surface area contributed by atoms with Gasteiger partial charge in [0.2, 0.25) is 5.91 Å². The summed E-state index contributed by atoms with van der Waals surface area (Å²) in [7, 11) is 0. The highest BCUT2D eigenvalue weighted by atomic mass is 35.5. The molecule has 0 radical (unpaired) electrons. The van der Waals surface area contributed by atoms with Gasteiger partial charge in [-0.3, -0.25) is 14.5 Å². The average Bonchev–Trinajstić information content (AvgIpc) is 3.03. The normalized spacial score (nSPS) is 22.8. The lowest BCUT2D eigenvalue weighted by atomic mass is 9.78. The molecule has 4 amide bonds. The first-order valence-corrected chi connectivity index (χ1v) is 11.3. The number of fused-ring (bicyclic) bond motifs is 1. The number of nitrogens with zero attached hydrogens (tertiary/aromatic N) is 3. The van der Waals surface area contributed by atoms with E-state index < -0.39 is 11.6 Å². The third kappa shape index (κ3) is 3.71. The number of halogens is 1. The van der Waals surface area contributed by atoms with Crippen molar-refractivity contribution in [3.63, 3.8) is 0 Å². The molecule has 1 unspecified atom stereocenters. The molecule has 166 valence electrons. The molecule has 0 bridgehead atoms. The molecule has 1 atom stereocenters. The SMILES string of the molecule is O=C(CN1C(=O)NC2(CCc3ccccc3C2)C1=O)N1CCN(c2cccc(Cl)c2)CC1. The third-order valence-corrected chi connectivity index (χ3v) is 7.01. The minimum Gasteiger partial charge on any atom is -0.368 e. The molecule has 3 aliphatic rings. The second kappa shape index (κ2) is 8.13. The van der Waals surface area contributed by atoms with Gasteiger partial charge in [0.05, 0.1) is 0 Å². The van der Waals surface area contributed by atoms with Crippen LogP contribution >= 0.6 is 11.6 Å². The van der Waals surface area contributed by atoms with Gasteiger partial charge >= 0.3 is 6.03 Å². The summed E-state index contributed by atoms with van der Waals surface area (Å²) in [6, 6.07) is 15.2. The van der Waals surface area contributed by atoms with E-state index in [1.54, 1.807) is 4.90 Å². The van der Waals surface area contributed by atoms with Crippen LogP contribution in [0.15, 0.2) is 48.5 Å². The Balaban J connectivity index is 1.22. The maximum Gasteiger partial charge on any atom is 0.325 e. The van der Waals surface area contributed by atoms with Gasteiger partial charge in [0.15, 0.2) is 0 Å². The summed E-state index contributed by atoms with van der Waals surface area (Å²) >= 11 is 6.09. The van der Waals surface area contributed by atoms with Crippen molar-refractivity contribution in [2.45, 2.75) is 24.8 Å². The number of nitrogens with one attached hydrogen (secondary N) is 1.